The fraction of sp³-hybridized carbons (Fsp3) is 0.0625. The van der Waals surface area contributed by atoms with E-state index in [9.17, 15) is 26.4 Å². The van der Waals surface area contributed by atoms with Crippen LogP contribution in [0, 0.1) is 0 Å². The molecule has 0 unspecified atom stereocenters. The molecule has 6 rings (SSSR count). The van der Waals surface area contributed by atoms with Gasteiger partial charge in [-0.15, -0.1) is 10.2 Å². The minimum Gasteiger partial charge on any atom is -0.462 e. The van der Waals surface area contributed by atoms with Gasteiger partial charge in [0.05, 0.1) is 34.7 Å². The van der Waals surface area contributed by atoms with Crippen LogP contribution >= 0.6 is 0 Å². The maximum absolute atomic E-state index is 13.4. The van der Waals surface area contributed by atoms with Crippen molar-refractivity contribution in [2.75, 3.05) is 22.0 Å². The van der Waals surface area contributed by atoms with E-state index in [0.717, 1.165) is 25.0 Å². The Morgan fingerprint density at radius 1 is 0.583 bits per heavy atom. The van der Waals surface area contributed by atoms with E-state index in [4.69, 9.17) is 18.3 Å². The number of azo groups is 1. The zero-order valence-corrected chi connectivity index (χ0v) is 26.7. The summed E-state index contributed by atoms with van der Waals surface area (Å²) < 4.78 is 75.6. The van der Waals surface area contributed by atoms with Gasteiger partial charge in [0.25, 0.3) is 0 Å². The van der Waals surface area contributed by atoms with E-state index in [0.29, 0.717) is 11.5 Å². The van der Waals surface area contributed by atoms with E-state index in [1.165, 1.54) is 24.3 Å². The summed E-state index contributed by atoms with van der Waals surface area (Å²) in [7, 11) is -7.45. The SMILES string of the molecule is CS(=O)(=O)Nc1cc2occ(N=Nc3coc4cc(NS(C)(=O)=O)c(Oc5ccccc5)cc4c3=O)c(=O)c2cc1Oc1ccccc1. The molecule has 0 aliphatic rings. The van der Waals surface area contributed by atoms with Crippen molar-refractivity contribution in [1.29, 1.82) is 0 Å². The van der Waals surface area contributed by atoms with E-state index in [-0.39, 0.29) is 56.2 Å². The summed E-state index contributed by atoms with van der Waals surface area (Å²) in [5.41, 5.74) is -1.74. The largest absolute Gasteiger partial charge is 0.462 e. The van der Waals surface area contributed by atoms with Gasteiger partial charge in [0.1, 0.15) is 35.2 Å². The zero-order valence-electron chi connectivity index (χ0n) is 25.0. The predicted molar refractivity (Wildman–Crippen MR) is 179 cm³/mol. The first-order valence-corrected chi connectivity index (χ1v) is 17.6. The number of ether oxygens (including phenoxy) is 2. The number of nitrogens with one attached hydrogen (secondary N) is 2. The molecule has 2 N–H and O–H groups in total. The molecule has 0 fully saturated rings. The number of fused-ring (bicyclic) bond motifs is 2. The zero-order chi connectivity index (χ0) is 34.1. The van der Waals surface area contributed by atoms with Crippen LogP contribution in [0.1, 0.15) is 0 Å². The molecule has 2 heterocycles. The molecule has 14 nitrogen and oxygen atoms in total. The normalized spacial score (nSPS) is 12.0. The Kier molecular flexibility index (Phi) is 8.43. The highest BCUT2D eigenvalue weighted by Gasteiger charge is 2.18. The van der Waals surface area contributed by atoms with Crippen molar-refractivity contribution >= 4 is 64.7 Å². The van der Waals surface area contributed by atoms with Crippen LogP contribution in [-0.4, -0.2) is 29.3 Å². The highest BCUT2D eigenvalue weighted by atomic mass is 32.2. The topological polar surface area (TPSA) is 196 Å². The van der Waals surface area contributed by atoms with Gasteiger partial charge in [-0.2, -0.15) is 0 Å². The number of hydrogen-bond donors (Lipinski definition) is 2. The number of sulfonamides is 2. The number of hydrogen-bond acceptors (Lipinski definition) is 12. The monoisotopic (exact) mass is 688 g/mol. The Morgan fingerprint density at radius 2 is 0.958 bits per heavy atom. The molecular formula is C32H24N4O10S2. The van der Waals surface area contributed by atoms with Crippen LogP contribution in [0.2, 0.25) is 0 Å². The summed E-state index contributed by atoms with van der Waals surface area (Å²) >= 11 is 0. The average Bonchev–Trinajstić information content (AvgIpc) is 3.02. The minimum atomic E-state index is -3.73. The fourth-order valence-electron chi connectivity index (χ4n) is 4.50. The van der Waals surface area contributed by atoms with Gasteiger partial charge in [0.15, 0.2) is 22.9 Å². The van der Waals surface area contributed by atoms with Crippen molar-refractivity contribution in [3.05, 3.63) is 118 Å². The highest BCUT2D eigenvalue weighted by molar-refractivity contribution is 7.92. The lowest BCUT2D eigenvalue weighted by molar-refractivity contribution is 0.484. The Balaban J connectivity index is 1.39. The number of benzene rings is 4. The van der Waals surface area contributed by atoms with Crippen molar-refractivity contribution in [3.8, 4) is 23.0 Å². The molecule has 0 saturated heterocycles. The smallest absolute Gasteiger partial charge is 0.229 e. The lowest BCUT2D eigenvalue weighted by Crippen LogP contribution is -2.11. The lowest BCUT2D eigenvalue weighted by Gasteiger charge is -2.13. The first kappa shape index (κ1) is 32.0. The molecule has 0 amide bonds. The molecule has 0 aliphatic heterocycles. The second-order valence-electron chi connectivity index (χ2n) is 10.4. The van der Waals surface area contributed by atoms with Gasteiger partial charge < -0.3 is 18.3 Å². The maximum atomic E-state index is 13.4. The van der Waals surface area contributed by atoms with E-state index < -0.39 is 30.9 Å². The number of rotatable bonds is 10. The Bertz CT molecular complexity index is 2370. The van der Waals surface area contributed by atoms with Gasteiger partial charge in [-0.1, -0.05) is 36.4 Å². The van der Waals surface area contributed by atoms with Gasteiger partial charge in [-0.3, -0.25) is 19.0 Å². The molecule has 4 aromatic carbocycles. The van der Waals surface area contributed by atoms with Crippen molar-refractivity contribution < 1.29 is 35.1 Å². The minimum absolute atomic E-state index is 0.00409. The summed E-state index contributed by atoms with van der Waals surface area (Å²) in [5.74, 6) is 0.810. The molecule has 16 heteroatoms. The maximum Gasteiger partial charge on any atom is 0.229 e. The molecule has 0 radical (unpaired) electrons. The van der Waals surface area contributed by atoms with Crippen LogP contribution in [0.25, 0.3) is 21.9 Å². The van der Waals surface area contributed by atoms with Crippen LogP contribution < -0.4 is 29.8 Å². The van der Waals surface area contributed by atoms with Gasteiger partial charge in [0, 0.05) is 12.1 Å². The van der Waals surface area contributed by atoms with Crippen molar-refractivity contribution in [3.63, 3.8) is 0 Å². The molecule has 48 heavy (non-hydrogen) atoms. The highest BCUT2D eigenvalue weighted by Crippen LogP contribution is 2.36. The Labute approximate surface area is 272 Å². The van der Waals surface area contributed by atoms with Gasteiger partial charge >= 0.3 is 0 Å². The van der Waals surface area contributed by atoms with E-state index in [2.05, 4.69) is 19.7 Å². The van der Waals surface area contributed by atoms with Crippen LogP contribution in [-0.2, 0) is 20.0 Å². The van der Waals surface area contributed by atoms with Crippen molar-refractivity contribution in [2.45, 2.75) is 0 Å². The number of anilines is 2. The Hall–Kier alpha value is -6.00. The van der Waals surface area contributed by atoms with Crippen molar-refractivity contribution in [1.82, 2.24) is 0 Å². The molecule has 6 aromatic rings. The first-order chi connectivity index (χ1) is 22.8. The van der Waals surface area contributed by atoms with Crippen LogP contribution in [0.4, 0.5) is 22.7 Å². The Morgan fingerprint density at radius 3 is 1.31 bits per heavy atom. The fourth-order valence-corrected chi connectivity index (χ4v) is 5.61. The standard InChI is InChI=1S/C32H24N4O10S2/c1-47(39,40)35-23-15-27-21(13-29(23)45-19-9-5-3-6-10-19)31(37)25(17-43-27)33-34-26-18-44-28-16-24(36-48(2,41)42)30(14-22(28)32(26)38)46-20-11-7-4-8-12-20/h3-18,35-36H,1-2H3. The van der Waals surface area contributed by atoms with Crippen LogP contribution in [0.3, 0.4) is 0 Å². The molecular weight excluding hydrogens is 665 g/mol. The van der Waals surface area contributed by atoms with Crippen LogP contribution in [0.5, 0.6) is 23.0 Å². The third kappa shape index (κ3) is 7.35. The second kappa shape index (κ2) is 12.7. The molecule has 0 atom stereocenters. The molecule has 2 aromatic heterocycles. The molecule has 0 bridgehead atoms. The second-order valence-corrected chi connectivity index (χ2v) is 13.9. The molecule has 0 spiro atoms. The van der Waals surface area contributed by atoms with E-state index in [1.807, 2.05) is 0 Å². The molecule has 244 valence electrons. The molecule has 0 aliphatic carbocycles. The number of para-hydroxylation sites is 2. The predicted octanol–water partition coefficient (Wildman–Crippen LogP) is 6.64. The summed E-state index contributed by atoms with van der Waals surface area (Å²) in [6.07, 6.45) is 3.95. The van der Waals surface area contributed by atoms with Gasteiger partial charge in [-0.05, 0) is 36.4 Å². The van der Waals surface area contributed by atoms with E-state index >= 15 is 0 Å². The molecule has 0 saturated carbocycles. The van der Waals surface area contributed by atoms with Gasteiger partial charge in [-0.25, -0.2) is 16.8 Å². The summed E-state index contributed by atoms with van der Waals surface area (Å²) in [4.78, 5) is 26.9. The van der Waals surface area contributed by atoms with Crippen molar-refractivity contribution in [2.24, 2.45) is 10.2 Å². The third-order valence-electron chi connectivity index (χ3n) is 6.51. The van der Waals surface area contributed by atoms with Gasteiger partial charge in [0.2, 0.25) is 30.9 Å². The summed E-state index contributed by atoms with van der Waals surface area (Å²) in [6.45, 7) is 0. The lowest BCUT2D eigenvalue weighted by atomic mass is 10.2. The number of nitrogens with zero attached hydrogens (tertiary/aromatic N) is 2. The summed E-state index contributed by atoms with van der Waals surface area (Å²) in [6, 6.07) is 22.2. The quantitative estimate of drug-likeness (QED) is 0.147. The van der Waals surface area contributed by atoms with Crippen LogP contribution in [0.15, 0.2) is 126 Å². The first-order valence-electron chi connectivity index (χ1n) is 13.9. The summed E-state index contributed by atoms with van der Waals surface area (Å²) in [5, 5.41) is 7.85. The third-order valence-corrected chi connectivity index (χ3v) is 7.69. The van der Waals surface area contributed by atoms with E-state index in [1.54, 1.807) is 60.7 Å². The average molecular weight is 689 g/mol.